The van der Waals surface area contributed by atoms with Crippen LogP contribution in [0.15, 0.2) is 66.9 Å². The van der Waals surface area contributed by atoms with Crippen molar-refractivity contribution in [1.29, 1.82) is 0 Å². The number of hydrogen-bond acceptors (Lipinski definition) is 2. The van der Waals surface area contributed by atoms with Crippen molar-refractivity contribution in [2.24, 2.45) is 5.92 Å². The highest BCUT2D eigenvalue weighted by molar-refractivity contribution is 8.22. The van der Waals surface area contributed by atoms with E-state index in [1.54, 1.807) is 11.9 Å². The first kappa shape index (κ1) is 16.7. The number of hydrogen-bond donors (Lipinski definition) is 0. The molecule has 1 saturated heterocycles. The fraction of sp³-hybridized carbons (Fsp3) is 0.286. The van der Waals surface area contributed by atoms with Crippen LogP contribution in [0.5, 0.6) is 0 Å². The van der Waals surface area contributed by atoms with E-state index in [4.69, 9.17) is 12.2 Å². The highest BCUT2D eigenvalue weighted by Gasteiger charge is 2.22. The molecule has 4 rings (SSSR count). The third-order valence-corrected chi connectivity index (χ3v) is 6.39. The maximum atomic E-state index is 5.72. The summed E-state index contributed by atoms with van der Waals surface area (Å²) in [5, 5.41) is 1.26. The van der Waals surface area contributed by atoms with Crippen LogP contribution in [0.4, 0.5) is 0 Å². The summed E-state index contributed by atoms with van der Waals surface area (Å²) in [7, 11) is 0. The van der Waals surface area contributed by atoms with Gasteiger partial charge < -0.3 is 4.90 Å². The van der Waals surface area contributed by atoms with Crippen molar-refractivity contribution in [2.75, 3.05) is 13.1 Å². The number of para-hydroxylation sites is 1. The van der Waals surface area contributed by atoms with Gasteiger partial charge in [0.25, 0.3) is 0 Å². The molecule has 2 aromatic carbocycles. The van der Waals surface area contributed by atoms with Gasteiger partial charge in [-0.05, 0) is 42.9 Å². The van der Waals surface area contributed by atoms with Crippen molar-refractivity contribution in [3.8, 4) is 0 Å². The standard InChI is InChI=1S/C21H22N2S2/c24-21(25-23-15-12-19-8-4-5-9-20(19)23)22-13-10-18(11-14-22)16-17-6-2-1-3-7-17/h1-9,12,15,18H,10-11,13-14,16H2. The molecule has 0 atom stereocenters. The van der Waals surface area contributed by atoms with E-state index in [0.29, 0.717) is 0 Å². The number of piperidine rings is 1. The van der Waals surface area contributed by atoms with Gasteiger partial charge in [0, 0.05) is 36.6 Å². The van der Waals surface area contributed by atoms with Crippen LogP contribution in [0, 0.1) is 5.92 Å². The van der Waals surface area contributed by atoms with Crippen molar-refractivity contribution in [1.82, 2.24) is 8.87 Å². The molecule has 128 valence electrons. The maximum Gasteiger partial charge on any atom is 0.157 e. The summed E-state index contributed by atoms with van der Waals surface area (Å²) in [6.45, 7) is 2.14. The molecular formula is C21H22N2S2. The number of nitrogens with zero attached hydrogens (tertiary/aromatic N) is 2. The van der Waals surface area contributed by atoms with Gasteiger partial charge in [-0.1, -0.05) is 60.7 Å². The first-order valence-corrected chi connectivity index (χ1v) is 10.0. The fourth-order valence-corrected chi connectivity index (χ4v) is 4.82. The summed E-state index contributed by atoms with van der Waals surface area (Å²) < 4.78 is 3.17. The van der Waals surface area contributed by atoms with Crippen LogP contribution >= 0.6 is 24.2 Å². The Kier molecular flexibility index (Phi) is 5.09. The number of likely N-dealkylation sites (tertiary alicyclic amines) is 1. The predicted molar refractivity (Wildman–Crippen MR) is 112 cm³/mol. The Labute approximate surface area is 159 Å². The highest BCUT2D eigenvalue weighted by atomic mass is 32.2. The van der Waals surface area contributed by atoms with Gasteiger partial charge in [-0.2, -0.15) is 0 Å². The van der Waals surface area contributed by atoms with E-state index in [-0.39, 0.29) is 0 Å². The molecule has 25 heavy (non-hydrogen) atoms. The zero-order valence-electron chi connectivity index (χ0n) is 14.2. The second-order valence-corrected chi connectivity index (χ2v) is 8.29. The number of benzene rings is 2. The molecule has 1 aromatic heterocycles. The van der Waals surface area contributed by atoms with Gasteiger partial charge in [0.15, 0.2) is 4.32 Å². The lowest BCUT2D eigenvalue weighted by Crippen LogP contribution is -2.37. The molecule has 0 N–H and O–H groups in total. The number of aromatic nitrogens is 1. The average Bonchev–Trinajstić information content (AvgIpc) is 3.06. The lowest BCUT2D eigenvalue weighted by molar-refractivity contribution is 0.271. The summed E-state index contributed by atoms with van der Waals surface area (Å²) in [6.07, 6.45) is 5.75. The van der Waals surface area contributed by atoms with Crippen LogP contribution in [0.25, 0.3) is 10.9 Å². The van der Waals surface area contributed by atoms with E-state index in [9.17, 15) is 0 Å². The van der Waals surface area contributed by atoms with Gasteiger partial charge >= 0.3 is 0 Å². The minimum absolute atomic E-state index is 0.777. The summed E-state index contributed by atoms with van der Waals surface area (Å²) >= 11 is 7.39. The first-order valence-electron chi connectivity index (χ1n) is 8.87. The predicted octanol–water partition coefficient (Wildman–Crippen LogP) is 5.38. The van der Waals surface area contributed by atoms with Crippen molar-refractivity contribution in [3.63, 3.8) is 0 Å². The Hall–Kier alpha value is -1.78. The molecule has 0 amide bonds. The van der Waals surface area contributed by atoms with E-state index in [1.807, 2.05) is 0 Å². The normalized spacial score (nSPS) is 15.6. The lowest BCUT2D eigenvalue weighted by atomic mass is 9.90. The average molecular weight is 367 g/mol. The minimum atomic E-state index is 0.777. The number of thiocarbonyl (C=S) groups is 1. The van der Waals surface area contributed by atoms with Gasteiger partial charge in [0.05, 0.1) is 5.52 Å². The quantitative estimate of drug-likeness (QED) is 0.576. The third-order valence-electron chi connectivity index (χ3n) is 4.98. The second-order valence-electron chi connectivity index (χ2n) is 6.68. The van der Waals surface area contributed by atoms with E-state index in [0.717, 1.165) is 23.3 Å². The lowest BCUT2D eigenvalue weighted by Gasteiger charge is -2.33. The zero-order chi connectivity index (χ0) is 17.1. The van der Waals surface area contributed by atoms with Crippen LogP contribution in [-0.4, -0.2) is 26.3 Å². The molecule has 2 heterocycles. The van der Waals surface area contributed by atoms with Crippen LogP contribution in [-0.2, 0) is 6.42 Å². The van der Waals surface area contributed by atoms with Gasteiger partial charge in [0.1, 0.15) is 0 Å². The number of fused-ring (bicyclic) bond motifs is 1. The van der Waals surface area contributed by atoms with Gasteiger partial charge in [-0.3, -0.25) is 3.97 Å². The molecule has 1 aliphatic rings. The smallest absolute Gasteiger partial charge is 0.157 e. The Bertz CT molecular complexity index is 848. The van der Waals surface area contributed by atoms with Crippen molar-refractivity contribution < 1.29 is 0 Å². The van der Waals surface area contributed by atoms with Crippen LogP contribution in [0.3, 0.4) is 0 Å². The van der Waals surface area contributed by atoms with Crippen molar-refractivity contribution in [3.05, 3.63) is 72.4 Å². The molecule has 1 aliphatic heterocycles. The molecule has 0 saturated carbocycles. The third kappa shape index (κ3) is 3.91. The summed E-state index contributed by atoms with van der Waals surface area (Å²) in [6, 6.07) is 21.4. The van der Waals surface area contributed by atoms with Gasteiger partial charge in [0.2, 0.25) is 0 Å². The van der Waals surface area contributed by atoms with E-state index < -0.39 is 0 Å². The van der Waals surface area contributed by atoms with E-state index in [2.05, 4.69) is 75.7 Å². The summed E-state index contributed by atoms with van der Waals surface area (Å²) in [5.41, 5.74) is 2.69. The van der Waals surface area contributed by atoms with Crippen molar-refractivity contribution in [2.45, 2.75) is 19.3 Å². The molecule has 0 unspecified atom stereocenters. The Morgan fingerprint density at radius 2 is 1.68 bits per heavy atom. The fourth-order valence-electron chi connectivity index (χ4n) is 3.55. The maximum absolute atomic E-state index is 5.72. The molecule has 0 spiro atoms. The Balaban J connectivity index is 1.33. The Morgan fingerprint density at radius 1 is 0.960 bits per heavy atom. The topological polar surface area (TPSA) is 8.17 Å². The largest absolute Gasteiger partial charge is 0.356 e. The van der Waals surface area contributed by atoms with Crippen LogP contribution in [0.1, 0.15) is 18.4 Å². The summed E-state index contributed by atoms with van der Waals surface area (Å²) in [5.74, 6) is 0.777. The molecule has 2 nitrogen and oxygen atoms in total. The zero-order valence-corrected chi connectivity index (χ0v) is 15.8. The van der Waals surface area contributed by atoms with Gasteiger partial charge in [-0.25, -0.2) is 0 Å². The van der Waals surface area contributed by atoms with Gasteiger partial charge in [-0.15, -0.1) is 0 Å². The Morgan fingerprint density at radius 3 is 2.48 bits per heavy atom. The first-order chi connectivity index (χ1) is 12.3. The minimum Gasteiger partial charge on any atom is -0.356 e. The second kappa shape index (κ2) is 7.63. The molecule has 0 aliphatic carbocycles. The van der Waals surface area contributed by atoms with Crippen LogP contribution < -0.4 is 0 Å². The molecule has 0 bridgehead atoms. The molecular weight excluding hydrogens is 344 g/mol. The molecule has 1 fully saturated rings. The molecule has 3 aromatic rings. The summed E-state index contributed by atoms with van der Waals surface area (Å²) in [4.78, 5) is 2.37. The van der Waals surface area contributed by atoms with Crippen molar-refractivity contribution >= 4 is 39.4 Å². The molecule has 0 radical (unpaired) electrons. The SMILES string of the molecule is S=C(Sn1ccc2ccccc21)N1CCC(Cc2ccccc2)CC1. The van der Waals surface area contributed by atoms with E-state index >= 15 is 0 Å². The van der Waals surface area contributed by atoms with E-state index in [1.165, 1.54) is 35.7 Å². The number of rotatable bonds is 3. The molecule has 4 heteroatoms. The monoisotopic (exact) mass is 366 g/mol. The van der Waals surface area contributed by atoms with Crippen LogP contribution in [0.2, 0.25) is 0 Å². The highest BCUT2D eigenvalue weighted by Crippen LogP contribution is 2.27.